The number of benzene rings is 2. The summed E-state index contributed by atoms with van der Waals surface area (Å²) in [5.41, 5.74) is 1.96. The average Bonchev–Trinajstić information content (AvgIpc) is 2.84. The van der Waals surface area contributed by atoms with Gasteiger partial charge in [0.2, 0.25) is 21.8 Å². The van der Waals surface area contributed by atoms with Crippen LogP contribution in [0.25, 0.3) is 0 Å². The van der Waals surface area contributed by atoms with Gasteiger partial charge in [0, 0.05) is 31.1 Å². The molecule has 0 heterocycles. The molecular weight excluding hydrogens is 502 g/mol. The maximum Gasteiger partial charge on any atom is 0.242 e. The summed E-state index contributed by atoms with van der Waals surface area (Å²) in [7, 11) is -2.03. The first kappa shape index (κ1) is 29.5. The Balaban J connectivity index is 2.21. The van der Waals surface area contributed by atoms with Crippen LogP contribution in [-0.4, -0.2) is 57.6 Å². The van der Waals surface area contributed by atoms with Crippen molar-refractivity contribution in [2.75, 3.05) is 30.8 Å². The van der Waals surface area contributed by atoms with Gasteiger partial charge in [0.1, 0.15) is 11.8 Å². The Morgan fingerprint density at radius 3 is 2.50 bits per heavy atom. The normalized spacial score (nSPS) is 12.1. The molecule has 0 saturated carbocycles. The molecule has 2 aromatic rings. The van der Waals surface area contributed by atoms with Crippen molar-refractivity contribution < 1.29 is 22.7 Å². The molecule has 0 aliphatic rings. The predicted molar refractivity (Wildman–Crippen MR) is 144 cm³/mol. The Hall–Kier alpha value is -2.78. The van der Waals surface area contributed by atoms with Crippen LogP contribution in [0.3, 0.4) is 0 Å². The summed E-state index contributed by atoms with van der Waals surface area (Å²) < 4.78 is 31.6. The van der Waals surface area contributed by atoms with E-state index in [0.29, 0.717) is 28.6 Å². The highest BCUT2D eigenvalue weighted by Crippen LogP contribution is 2.28. The lowest BCUT2D eigenvalue weighted by atomic mass is 10.1. The number of hydrogen-bond donors (Lipinski definition) is 1. The highest BCUT2D eigenvalue weighted by atomic mass is 35.5. The third kappa shape index (κ3) is 8.13. The Morgan fingerprint density at radius 2 is 1.86 bits per heavy atom. The zero-order chi connectivity index (χ0) is 26.9. The maximum atomic E-state index is 13.3. The number of ether oxygens (including phenoxy) is 1. The van der Waals surface area contributed by atoms with E-state index in [1.165, 1.54) is 9.21 Å². The number of amides is 2. The van der Waals surface area contributed by atoms with Crippen molar-refractivity contribution in [2.45, 2.75) is 52.6 Å². The number of carbonyl (C=O) groups is 2. The molecule has 0 fully saturated rings. The third-order valence-corrected chi connectivity index (χ3v) is 7.45. The zero-order valence-electron chi connectivity index (χ0n) is 21.6. The SMILES string of the molecule is CCCNC(=O)[C@@H](C)N(Cc1cccc(OC)c1)C(=O)CCCN(c1cccc(Cl)c1C)S(C)(=O)=O. The van der Waals surface area contributed by atoms with Crippen LogP contribution in [0.15, 0.2) is 42.5 Å². The van der Waals surface area contributed by atoms with E-state index < -0.39 is 16.1 Å². The molecule has 2 aromatic carbocycles. The number of rotatable bonds is 13. The quantitative estimate of drug-likeness (QED) is 0.414. The van der Waals surface area contributed by atoms with Crippen LogP contribution in [0.4, 0.5) is 5.69 Å². The first-order valence-electron chi connectivity index (χ1n) is 11.9. The van der Waals surface area contributed by atoms with Crippen LogP contribution in [0.5, 0.6) is 5.75 Å². The van der Waals surface area contributed by atoms with Crippen molar-refractivity contribution in [2.24, 2.45) is 0 Å². The minimum atomic E-state index is -3.60. The van der Waals surface area contributed by atoms with E-state index >= 15 is 0 Å². The van der Waals surface area contributed by atoms with Crippen molar-refractivity contribution in [3.8, 4) is 5.75 Å². The molecule has 0 unspecified atom stereocenters. The van der Waals surface area contributed by atoms with Gasteiger partial charge >= 0.3 is 0 Å². The second-order valence-corrected chi connectivity index (χ2v) is 11.0. The summed E-state index contributed by atoms with van der Waals surface area (Å²) in [6, 6.07) is 11.7. The van der Waals surface area contributed by atoms with Gasteiger partial charge in [0.05, 0.1) is 19.1 Å². The maximum absolute atomic E-state index is 13.3. The van der Waals surface area contributed by atoms with Crippen molar-refractivity contribution in [3.05, 3.63) is 58.6 Å². The summed E-state index contributed by atoms with van der Waals surface area (Å²) >= 11 is 6.20. The van der Waals surface area contributed by atoms with Crippen molar-refractivity contribution in [3.63, 3.8) is 0 Å². The van der Waals surface area contributed by atoms with Crippen LogP contribution in [-0.2, 0) is 26.2 Å². The number of methoxy groups -OCH3 is 1. The van der Waals surface area contributed by atoms with Gasteiger partial charge in [0.25, 0.3) is 0 Å². The second-order valence-electron chi connectivity index (χ2n) is 8.66. The molecule has 1 N–H and O–H groups in total. The molecule has 0 aliphatic heterocycles. The molecule has 1 atom stereocenters. The third-order valence-electron chi connectivity index (χ3n) is 5.86. The molecule has 0 radical (unpaired) electrons. The van der Waals surface area contributed by atoms with Gasteiger partial charge in [-0.1, -0.05) is 36.7 Å². The van der Waals surface area contributed by atoms with Gasteiger partial charge in [-0.05, 0) is 62.1 Å². The van der Waals surface area contributed by atoms with Gasteiger partial charge in [-0.15, -0.1) is 0 Å². The minimum Gasteiger partial charge on any atom is -0.497 e. The van der Waals surface area contributed by atoms with Crippen LogP contribution in [0.1, 0.15) is 44.2 Å². The fourth-order valence-electron chi connectivity index (χ4n) is 3.79. The summed E-state index contributed by atoms with van der Waals surface area (Å²) in [5, 5.41) is 3.31. The van der Waals surface area contributed by atoms with E-state index in [1.807, 2.05) is 31.2 Å². The van der Waals surface area contributed by atoms with Crippen molar-refractivity contribution >= 4 is 39.1 Å². The number of nitrogens with zero attached hydrogens (tertiary/aromatic N) is 2. The number of anilines is 1. The van der Waals surface area contributed by atoms with Gasteiger partial charge in [0.15, 0.2) is 0 Å². The Labute approximate surface area is 219 Å². The zero-order valence-corrected chi connectivity index (χ0v) is 23.2. The molecular formula is C26H36ClN3O5S. The molecule has 0 aromatic heterocycles. The minimum absolute atomic E-state index is 0.0704. The van der Waals surface area contributed by atoms with Crippen LogP contribution in [0, 0.1) is 6.92 Å². The number of carbonyl (C=O) groups excluding carboxylic acids is 2. The number of nitrogens with one attached hydrogen (secondary N) is 1. The number of halogens is 1. The van der Waals surface area contributed by atoms with Crippen molar-refractivity contribution in [1.29, 1.82) is 0 Å². The molecule has 2 amide bonds. The molecule has 0 aliphatic carbocycles. The second kappa shape index (κ2) is 13.5. The van der Waals surface area contributed by atoms with Crippen LogP contribution in [0.2, 0.25) is 5.02 Å². The largest absolute Gasteiger partial charge is 0.497 e. The van der Waals surface area contributed by atoms with E-state index in [-0.39, 0.29) is 37.7 Å². The number of sulfonamides is 1. The molecule has 198 valence electrons. The molecule has 2 rings (SSSR count). The lowest BCUT2D eigenvalue weighted by Gasteiger charge is -2.29. The Morgan fingerprint density at radius 1 is 1.17 bits per heavy atom. The van der Waals surface area contributed by atoms with Gasteiger partial charge in [-0.2, -0.15) is 0 Å². The van der Waals surface area contributed by atoms with E-state index in [1.54, 1.807) is 39.2 Å². The van der Waals surface area contributed by atoms with E-state index in [2.05, 4.69) is 5.32 Å². The smallest absolute Gasteiger partial charge is 0.242 e. The number of hydrogen-bond acceptors (Lipinski definition) is 5. The molecule has 0 bridgehead atoms. The summed E-state index contributed by atoms with van der Waals surface area (Å²) in [6.07, 6.45) is 2.26. The highest BCUT2D eigenvalue weighted by molar-refractivity contribution is 7.92. The van der Waals surface area contributed by atoms with Gasteiger partial charge in [-0.25, -0.2) is 8.42 Å². The van der Waals surface area contributed by atoms with E-state index in [4.69, 9.17) is 16.3 Å². The monoisotopic (exact) mass is 537 g/mol. The fraction of sp³-hybridized carbons (Fsp3) is 0.462. The fourth-order valence-corrected chi connectivity index (χ4v) is 4.98. The van der Waals surface area contributed by atoms with Crippen LogP contribution >= 0.6 is 11.6 Å². The Bertz CT molecular complexity index is 1160. The topological polar surface area (TPSA) is 96.0 Å². The summed E-state index contributed by atoms with van der Waals surface area (Å²) in [4.78, 5) is 27.6. The predicted octanol–water partition coefficient (Wildman–Crippen LogP) is 4.15. The lowest BCUT2D eigenvalue weighted by molar-refractivity contribution is -0.140. The standard InChI is InChI=1S/C26H36ClN3O5S/c1-6-15-28-26(32)20(3)29(18-21-10-7-11-22(17-21)35-4)25(31)14-9-16-30(36(5,33)34)24-13-8-12-23(27)19(24)2/h7-8,10-13,17,20H,6,9,14-16,18H2,1-5H3,(H,28,32)/t20-/m1/s1. The van der Waals surface area contributed by atoms with Gasteiger partial charge < -0.3 is 15.0 Å². The molecule has 8 nitrogen and oxygen atoms in total. The van der Waals surface area contributed by atoms with E-state index in [0.717, 1.165) is 18.2 Å². The summed E-state index contributed by atoms with van der Waals surface area (Å²) in [5.74, 6) is 0.178. The lowest BCUT2D eigenvalue weighted by Crippen LogP contribution is -2.47. The molecule has 0 saturated heterocycles. The first-order chi connectivity index (χ1) is 17.0. The summed E-state index contributed by atoms with van der Waals surface area (Å²) in [6.45, 7) is 6.26. The Kier molecular flexibility index (Phi) is 11.0. The highest BCUT2D eigenvalue weighted by Gasteiger charge is 2.27. The van der Waals surface area contributed by atoms with Crippen LogP contribution < -0.4 is 14.4 Å². The van der Waals surface area contributed by atoms with Gasteiger partial charge in [-0.3, -0.25) is 13.9 Å². The molecule has 36 heavy (non-hydrogen) atoms. The van der Waals surface area contributed by atoms with E-state index in [9.17, 15) is 18.0 Å². The van der Waals surface area contributed by atoms with Crippen molar-refractivity contribution in [1.82, 2.24) is 10.2 Å². The molecule has 0 spiro atoms. The average molecular weight is 538 g/mol. The first-order valence-corrected chi connectivity index (χ1v) is 14.1. The molecule has 10 heteroatoms.